The van der Waals surface area contributed by atoms with E-state index in [-0.39, 0.29) is 16.1 Å². The van der Waals surface area contributed by atoms with Gasteiger partial charge in [0.1, 0.15) is 11.4 Å². The molecule has 8 heteroatoms. The Hall–Kier alpha value is -2.61. The highest BCUT2D eigenvalue weighted by Crippen LogP contribution is 2.26. The first-order valence-corrected chi connectivity index (χ1v) is 9.84. The average Bonchev–Trinajstić information content (AvgIpc) is 3.08. The molecule has 1 fully saturated rings. The van der Waals surface area contributed by atoms with E-state index in [0.29, 0.717) is 11.4 Å². The van der Waals surface area contributed by atoms with Crippen molar-refractivity contribution in [2.75, 3.05) is 22.7 Å². The van der Waals surface area contributed by atoms with Gasteiger partial charge in [0.25, 0.3) is 10.0 Å². The molecule has 0 saturated carbocycles. The molecule has 0 unspecified atom stereocenters. The second kappa shape index (κ2) is 6.95. The first kappa shape index (κ1) is 18.2. The van der Waals surface area contributed by atoms with Gasteiger partial charge < -0.3 is 10.0 Å². The molecule has 0 atom stereocenters. The number of sulfonamides is 1. The van der Waals surface area contributed by atoms with Crippen LogP contribution in [0.4, 0.5) is 11.5 Å². The van der Waals surface area contributed by atoms with E-state index in [1.807, 2.05) is 11.8 Å². The van der Waals surface area contributed by atoms with Crippen molar-refractivity contribution in [1.29, 1.82) is 0 Å². The summed E-state index contributed by atoms with van der Waals surface area (Å²) in [5.74, 6) is -0.753. The summed E-state index contributed by atoms with van der Waals surface area (Å²) < 4.78 is 27.8. The summed E-state index contributed by atoms with van der Waals surface area (Å²) in [7, 11) is -3.83. The number of pyridine rings is 1. The second-order valence-corrected chi connectivity index (χ2v) is 8.12. The van der Waals surface area contributed by atoms with Gasteiger partial charge in [-0.25, -0.2) is 18.2 Å². The van der Waals surface area contributed by atoms with Gasteiger partial charge in [-0.05, 0) is 44.4 Å². The number of aromatic carboxylic acids is 1. The van der Waals surface area contributed by atoms with E-state index in [9.17, 15) is 18.3 Å². The van der Waals surface area contributed by atoms with Crippen LogP contribution in [0.1, 0.15) is 34.3 Å². The number of benzene rings is 1. The molecule has 0 radical (unpaired) electrons. The highest BCUT2D eigenvalue weighted by atomic mass is 32.2. The van der Waals surface area contributed by atoms with Crippen molar-refractivity contribution in [3.05, 3.63) is 47.2 Å². The number of aromatic nitrogens is 1. The van der Waals surface area contributed by atoms with Gasteiger partial charge in [-0.1, -0.05) is 17.7 Å². The maximum atomic E-state index is 12.7. The van der Waals surface area contributed by atoms with Gasteiger partial charge in [0, 0.05) is 13.1 Å². The quantitative estimate of drug-likeness (QED) is 0.834. The number of aryl methyl sites for hydroxylation is 2. The second-order valence-electron chi connectivity index (χ2n) is 6.47. The topological polar surface area (TPSA) is 99.6 Å². The molecule has 0 amide bonds. The number of anilines is 2. The number of carboxylic acids is 1. The number of carbonyl (C=O) groups is 1. The van der Waals surface area contributed by atoms with E-state index in [1.165, 1.54) is 18.3 Å². The Morgan fingerprint density at radius 3 is 2.50 bits per heavy atom. The van der Waals surface area contributed by atoms with E-state index in [4.69, 9.17) is 0 Å². The Morgan fingerprint density at radius 1 is 1.19 bits per heavy atom. The molecule has 0 bridgehead atoms. The van der Waals surface area contributed by atoms with Crippen LogP contribution in [0, 0.1) is 13.8 Å². The molecule has 138 valence electrons. The van der Waals surface area contributed by atoms with E-state index in [0.717, 1.165) is 31.5 Å². The Morgan fingerprint density at radius 2 is 1.88 bits per heavy atom. The Bertz CT molecular complexity index is 951. The molecule has 1 saturated heterocycles. The fraction of sp³-hybridized carbons (Fsp3) is 0.333. The van der Waals surface area contributed by atoms with Gasteiger partial charge in [-0.2, -0.15) is 0 Å². The lowest BCUT2D eigenvalue weighted by molar-refractivity contribution is 0.0697. The Labute approximate surface area is 152 Å². The standard InChI is InChI=1S/C18H21N3O4S/c1-12-5-6-16(13(2)9-12)26(24,25)20-14-10-15(18(22)23)17(19-11-14)21-7-3-4-8-21/h5-6,9-11,20H,3-4,7-8H2,1-2H3,(H,22,23). The number of carboxylic acid groups (broad SMARTS) is 1. The Kier molecular flexibility index (Phi) is 4.86. The third-order valence-corrected chi connectivity index (χ3v) is 5.92. The molecule has 1 aliphatic rings. The van der Waals surface area contributed by atoms with Crippen LogP contribution in [-0.2, 0) is 10.0 Å². The maximum Gasteiger partial charge on any atom is 0.339 e. The van der Waals surface area contributed by atoms with Crippen molar-refractivity contribution in [3.63, 3.8) is 0 Å². The van der Waals surface area contributed by atoms with Crippen molar-refractivity contribution < 1.29 is 18.3 Å². The summed E-state index contributed by atoms with van der Waals surface area (Å²) in [6.07, 6.45) is 3.34. The summed E-state index contributed by atoms with van der Waals surface area (Å²) in [4.78, 5) is 17.9. The van der Waals surface area contributed by atoms with E-state index < -0.39 is 16.0 Å². The van der Waals surface area contributed by atoms with Gasteiger partial charge in [-0.3, -0.25) is 4.72 Å². The zero-order valence-corrected chi connectivity index (χ0v) is 15.5. The van der Waals surface area contributed by atoms with E-state index >= 15 is 0 Å². The van der Waals surface area contributed by atoms with Gasteiger partial charge in [0.15, 0.2) is 0 Å². The van der Waals surface area contributed by atoms with E-state index in [1.54, 1.807) is 19.1 Å². The molecule has 0 aliphatic carbocycles. The number of nitrogens with zero attached hydrogens (tertiary/aromatic N) is 2. The van der Waals surface area contributed by atoms with Gasteiger partial charge in [0.2, 0.25) is 0 Å². The van der Waals surface area contributed by atoms with Crippen LogP contribution in [0.2, 0.25) is 0 Å². The summed E-state index contributed by atoms with van der Waals surface area (Å²) in [5.41, 5.74) is 1.71. The van der Waals surface area contributed by atoms with Crippen molar-refractivity contribution in [2.24, 2.45) is 0 Å². The molecule has 1 aliphatic heterocycles. The third-order valence-electron chi connectivity index (χ3n) is 4.37. The number of nitrogens with one attached hydrogen (secondary N) is 1. The first-order valence-electron chi connectivity index (χ1n) is 8.36. The van der Waals surface area contributed by atoms with E-state index in [2.05, 4.69) is 9.71 Å². The summed E-state index contributed by atoms with van der Waals surface area (Å²) in [6.45, 7) is 5.11. The zero-order chi connectivity index (χ0) is 18.9. The molecule has 7 nitrogen and oxygen atoms in total. The fourth-order valence-electron chi connectivity index (χ4n) is 3.16. The summed E-state index contributed by atoms with van der Waals surface area (Å²) in [5, 5.41) is 9.50. The van der Waals surface area contributed by atoms with Crippen molar-refractivity contribution in [1.82, 2.24) is 4.98 Å². The predicted octanol–water partition coefficient (Wildman–Crippen LogP) is 2.80. The largest absolute Gasteiger partial charge is 0.478 e. The molecular weight excluding hydrogens is 354 g/mol. The van der Waals surface area contributed by atoms with Crippen LogP contribution < -0.4 is 9.62 Å². The third kappa shape index (κ3) is 3.65. The zero-order valence-electron chi connectivity index (χ0n) is 14.7. The summed E-state index contributed by atoms with van der Waals surface area (Å²) in [6, 6.07) is 6.37. The number of rotatable bonds is 5. The molecule has 1 aromatic carbocycles. The van der Waals surface area contributed by atoms with Crippen LogP contribution in [0.25, 0.3) is 0 Å². The van der Waals surface area contributed by atoms with Gasteiger partial charge >= 0.3 is 5.97 Å². The minimum atomic E-state index is -3.83. The number of hydrogen-bond donors (Lipinski definition) is 2. The van der Waals surface area contributed by atoms with Gasteiger partial charge in [-0.15, -0.1) is 0 Å². The molecule has 2 aromatic rings. The van der Waals surface area contributed by atoms with Crippen LogP contribution in [0.5, 0.6) is 0 Å². The highest BCUT2D eigenvalue weighted by molar-refractivity contribution is 7.92. The SMILES string of the molecule is Cc1ccc(S(=O)(=O)Nc2cnc(N3CCCC3)c(C(=O)O)c2)c(C)c1. The van der Waals surface area contributed by atoms with Gasteiger partial charge in [0.05, 0.1) is 16.8 Å². The smallest absolute Gasteiger partial charge is 0.339 e. The monoisotopic (exact) mass is 375 g/mol. The molecule has 1 aromatic heterocycles. The molecule has 26 heavy (non-hydrogen) atoms. The minimum absolute atomic E-state index is 0.00673. The lowest BCUT2D eigenvalue weighted by atomic mass is 10.2. The molecule has 2 N–H and O–H groups in total. The molecular formula is C18H21N3O4S. The Balaban J connectivity index is 1.94. The lowest BCUT2D eigenvalue weighted by Crippen LogP contribution is -2.22. The van der Waals surface area contributed by atoms with Crippen LogP contribution >= 0.6 is 0 Å². The minimum Gasteiger partial charge on any atom is -0.478 e. The molecule has 3 rings (SSSR count). The lowest BCUT2D eigenvalue weighted by Gasteiger charge is -2.19. The molecule has 2 heterocycles. The first-order chi connectivity index (χ1) is 12.3. The van der Waals surface area contributed by atoms with Crippen molar-refractivity contribution in [2.45, 2.75) is 31.6 Å². The van der Waals surface area contributed by atoms with Crippen LogP contribution in [-0.4, -0.2) is 37.6 Å². The normalized spacial score (nSPS) is 14.5. The summed E-state index contributed by atoms with van der Waals surface area (Å²) >= 11 is 0. The molecule has 0 spiro atoms. The predicted molar refractivity (Wildman–Crippen MR) is 99.4 cm³/mol. The van der Waals surface area contributed by atoms with Crippen molar-refractivity contribution >= 4 is 27.5 Å². The number of hydrogen-bond acceptors (Lipinski definition) is 5. The van der Waals surface area contributed by atoms with Crippen LogP contribution in [0.15, 0.2) is 35.4 Å². The maximum absolute atomic E-state index is 12.7. The van der Waals surface area contributed by atoms with Crippen LogP contribution in [0.3, 0.4) is 0 Å². The highest BCUT2D eigenvalue weighted by Gasteiger charge is 2.23. The average molecular weight is 375 g/mol. The fourth-order valence-corrected chi connectivity index (χ4v) is 4.42. The van der Waals surface area contributed by atoms with Crippen molar-refractivity contribution in [3.8, 4) is 0 Å².